The van der Waals surface area contributed by atoms with Crippen molar-refractivity contribution in [3.8, 4) is 11.1 Å². The third-order valence-corrected chi connectivity index (χ3v) is 3.77. The maximum Gasteiger partial charge on any atom is 0.149 e. The number of rotatable bonds is 7. The molecule has 1 N–H and O–H groups in total. The molecule has 0 unspecified atom stereocenters. The zero-order valence-electron chi connectivity index (χ0n) is 13.7. The summed E-state index contributed by atoms with van der Waals surface area (Å²) >= 11 is 0. The maximum atomic E-state index is 12.1. The average molecular weight is 295 g/mol. The predicted molar refractivity (Wildman–Crippen MR) is 92.9 cm³/mol. The van der Waals surface area contributed by atoms with Crippen molar-refractivity contribution in [2.45, 2.75) is 45.7 Å². The van der Waals surface area contributed by atoms with Crippen LogP contribution in [0.15, 0.2) is 54.6 Å². The highest BCUT2D eigenvalue weighted by atomic mass is 16.1. The molecule has 2 rings (SSSR count). The van der Waals surface area contributed by atoms with Gasteiger partial charge in [0.25, 0.3) is 0 Å². The van der Waals surface area contributed by atoms with Crippen LogP contribution < -0.4 is 5.32 Å². The number of carbonyl (C=O) groups is 1. The van der Waals surface area contributed by atoms with Crippen LogP contribution in [0.25, 0.3) is 11.1 Å². The van der Waals surface area contributed by atoms with Gasteiger partial charge in [-0.15, -0.1) is 0 Å². The molecule has 0 heterocycles. The van der Waals surface area contributed by atoms with Crippen molar-refractivity contribution in [2.75, 3.05) is 0 Å². The fraction of sp³-hybridized carbons (Fsp3) is 0.350. The number of benzene rings is 2. The van der Waals surface area contributed by atoms with Crippen molar-refractivity contribution in [3.05, 3.63) is 60.2 Å². The lowest BCUT2D eigenvalue weighted by atomic mass is 9.98. The van der Waals surface area contributed by atoms with E-state index in [1.807, 2.05) is 25.1 Å². The first kappa shape index (κ1) is 16.4. The van der Waals surface area contributed by atoms with E-state index in [2.05, 4.69) is 55.6 Å². The smallest absolute Gasteiger partial charge is 0.149 e. The summed E-state index contributed by atoms with van der Waals surface area (Å²) in [5.74, 6) is 0.279. The predicted octanol–water partition coefficient (Wildman–Crippen LogP) is 4.24. The van der Waals surface area contributed by atoms with Crippen molar-refractivity contribution in [1.29, 1.82) is 0 Å². The number of ketones is 1. The van der Waals surface area contributed by atoms with Crippen LogP contribution in [0.1, 0.15) is 32.8 Å². The zero-order chi connectivity index (χ0) is 15.9. The molecule has 0 fully saturated rings. The normalized spacial score (nSPS) is 12.4. The Labute approximate surface area is 133 Å². The van der Waals surface area contributed by atoms with Crippen molar-refractivity contribution in [2.24, 2.45) is 0 Å². The molecule has 2 nitrogen and oxygen atoms in total. The molecule has 0 aliphatic carbocycles. The highest BCUT2D eigenvalue weighted by Crippen LogP contribution is 2.20. The van der Waals surface area contributed by atoms with Gasteiger partial charge < -0.3 is 5.32 Å². The molecule has 0 amide bonds. The second-order valence-corrected chi connectivity index (χ2v) is 5.96. The van der Waals surface area contributed by atoms with Gasteiger partial charge in [-0.1, -0.05) is 75.4 Å². The Kier molecular flexibility index (Phi) is 5.91. The molecule has 0 aliphatic heterocycles. The molecule has 2 aromatic rings. The summed E-state index contributed by atoms with van der Waals surface area (Å²) in [6, 6.07) is 19.1. The summed E-state index contributed by atoms with van der Waals surface area (Å²) in [5.41, 5.74) is 3.62. The van der Waals surface area contributed by atoms with E-state index < -0.39 is 0 Å². The zero-order valence-corrected chi connectivity index (χ0v) is 13.7. The Morgan fingerprint density at radius 2 is 1.55 bits per heavy atom. The maximum absolute atomic E-state index is 12.1. The number of Topliss-reactive ketones (excluding diaryl/α,β-unsaturated/α-hetero) is 1. The fourth-order valence-corrected chi connectivity index (χ4v) is 2.61. The Morgan fingerprint density at radius 3 is 2.09 bits per heavy atom. The van der Waals surface area contributed by atoms with Gasteiger partial charge in [-0.25, -0.2) is 0 Å². The minimum absolute atomic E-state index is 0.0902. The lowest BCUT2D eigenvalue weighted by molar-refractivity contribution is -0.120. The van der Waals surface area contributed by atoms with Gasteiger partial charge in [0.2, 0.25) is 0 Å². The second-order valence-electron chi connectivity index (χ2n) is 5.96. The van der Waals surface area contributed by atoms with Crippen LogP contribution in [-0.4, -0.2) is 17.9 Å². The summed E-state index contributed by atoms with van der Waals surface area (Å²) in [7, 11) is 0. The highest BCUT2D eigenvalue weighted by molar-refractivity contribution is 5.84. The van der Waals surface area contributed by atoms with Crippen LogP contribution in [0, 0.1) is 0 Å². The topological polar surface area (TPSA) is 29.1 Å². The monoisotopic (exact) mass is 295 g/mol. The minimum atomic E-state index is -0.0902. The largest absolute Gasteiger partial charge is 0.305 e. The van der Waals surface area contributed by atoms with Gasteiger partial charge >= 0.3 is 0 Å². The van der Waals surface area contributed by atoms with Crippen molar-refractivity contribution >= 4 is 5.78 Å². The van der Waals surface area contributed by atoms with Crippen LogP contribution >= 0.6 is 0 Å². The average Bonchev–Trinajstić information content (AvgIpc) is 2.54. The summed E-state index contributed by atoms with van der Waals surface area (Å²) in [6.45, 7) is 6.08. The molecule has 1 atom stereocenters. The molecule has 2 heteroatoms. The summed E-state index contributed by atoms with van der Waals surface area (Å²) < 4.78 is 0. The lowest BCUT2D eigenvalue weighted by Gasteiger charge is -2.20. The standard InChI is InChI=1S/C20H25NO/c1-4-20(22)19(21-15(2)3)14-16-10-12-18(13-11-16)17-8-6-5-7-9-17/h5-13,15,19,21H,4,14H2,1-3H3/t19-/m0/s1. The molecule has 116 valence electrons. The van der Waals surface area contributed by atoms with Crippen LogP contribution in [0.4, 0.5) is 0 Å². The van der Waals surface area contributed by atoms with Gasteiger partial charge in [0.05, 0.1) is 6.04 Å². The second kappa shape index (κ2) is 7.90. The molecule has 2 aromatic carbocycles. The van der Waals surface area contributed by atoms with Gasteiger partial charge in [0.1, 0.15) is 5.78 Å². The number of nitrogens with one attached hydrogen (secondary N) is 1. The van der Waals surface area contributed by atoms with E-state index in [4.69, 9.17) is 0 Å². The minimum Gasteiger partial charge on any atom is -0.305 e. The Balaban J connectivity index is 2.10. The molecule has 0 spiro atoms. The van der Waals surface area contributed by atoms with E-state index in [9.17, 15) is 4.79 Å². The molecule has 0 saturated carbocycles. The Bertz CT molecular complexity index is 587. The SMILES string of the molecule is CCC(=O)[C@H](Cc1ccc(-c2ccccc2)cc1)NC(C)C. The molecule has 0 aromatic heterocycles. The first-order valence-electron chi connectivity index (χ1n) is 8.03. The molecule has 0 radical (unpaired) electrons. The van der Waals surface area contributed by atoms with Gasteiger partial charge in [-0.3, -0.25) is 4.79 Å². The highest BCUT2D eigenvalue weighted by Gasteiger charge is 2.17. The number of carbonyl (C=O) groups excluding carboxylic acids is 1. The van der Waals surface area contributed by atoms with Crippen molar-refractivity contribution < 1.29 is 4.79 Å². The fourth-order valence-electron chi connectivity index (χ4n) is 2.61. The molecule has 22 heavy (non-hydrogen) atoms. The first-order chi connectivity index (χ1) is 10.6. The van der Waals surface area contributed by atoms with E-state index >= 15 is 0 Å². The molecular formula is C20H25NO. The van der Waals surface area contributed by atoms with Crippen LogP contribution in [0.5, 0.6) is 0 Å². The summed E-state index contributed by atoms with van der Waals surface area (Å²) in [4.78, 5) is 12.1. The molecular weight excluding hydrogens is 270 g/mol. The van der Waals surface area contributed by atoms with Crippen LogP contribution in [0.2, 0.25) is 0 Å². The Hall–Kier alpha value is -1.93. The van der Waals surface area contributed by atoms with Crippen molar-refractivity contribution in [1.82, 2.24) is 5.32 Å². The summed E-state index contributed by atoms with van der Waals surface area (Å²) in [6.07, 6.45) is 1.33. The van der Waals surface area contributed by atoms with E-state index in [1.165, 1.54) is 16.7 Å². The molecule has 0 aliphatic rings. The van der Waals surface area contributed by atoms with E-state index in [-0.39, 0.29) is 11.8 Å². The molecule has 0 bridgehead atoms. The third-order valence-electron chi connectivity index (χ3n) is 3.77. The van der Waals surface area contributed by atoms with E-state index in [1.54, 1.807) is 0 Å². The number of hydrogen-bond acceptors (Lipinski definition) is 2. The third kappa shape index (κ3) is 4.54. The van der Waals surface area contributed by atoms with Gasteiger partial charge in [-0.2, -0.15) is 0 Å². The van der Waals surface area contributed by atoms with E-state index in [0.717, 1.165) is 6.42 Å². The Morgan fingerprint density at radius 1 is 0.955 bits per heavy atom. The molecule has 0 saturated heterocycles. The van der Waals surface area contributed by atoms with Crippen LogP contribution in [-0.2, 0) is 11.2 Å². The van der Waals surface area contributed by atoms with E-state index in [0.29, 0.717) is 12.5 Å². The van der Waals surface area contributed by atoms with Crippen LogP contribution in [0.3, 0.4) is 0 Å². The van der Waals surface area contributed by atoms with Gasteiger partial charge in [0, 0.05) is 12.5 Å². The summed E-state index contributed by atoms with van der Waals surface area (Å²) in [5, 5.41) is 3.38. The first-order valence-corrected chi connectivity index (χ1v) is 8.03. The van der Waals surface area contributed by atoms with Gasteiger partial charge in [-0.05, 0) is 23.1 Å². The number of hydrogen-bond donors (Lipinski definition) is 1. The van der Waals surface area contributed by atoms with Gasteiger partial charge in [0.15, 0.2) is 0 Å². The quantitative estimate of drug-likeness (QED) is 0.827. The lowest BCUT2D eigenvalue weighted by Crippen LogP contribution is -2.42. The van der Waals surface area contributed by atoms with Crippen molar-refractivity contribution in [3.63, 3.8) is 0 Å².